The van der Waals surface area contributed by atoms with Gasteiger partial charge in [-0.05, 0) is 74.1 Å². The molecule has 2 heterocycles. The summed E-state index contributed by atoms with van der Waals surface area (Å²) in [6, 6.07) is 14.3. The van der Waals surface area contributed by atoms with E-state index in [1.54, 1.807) is 30.8 Å². The van der Waals surface area contributed by atoms with Gasteiger partial charge >= 0.3 is 5.97 Å². The molecule has 0 aromatic heterocycles. The molecule has 80 heavy (non-hydrogen) atoms. The first-order chi connectivity index (χ1) is 37.9. The number of ether oxygens (including phenoxy) is 2. The van der Waals surface area contributed by atoms with Gasteiger partial charge in [-0.15, -0.1) is 0 Å². The van der Waals surface area contributed by atoms with Gasteiger partial charge in [-0.2, -0.15) is 0 Å². The van der Waals surface area contributed by atoms with Gasteiger partial charge in [0, 0.05) is 59.4 Å². The molecule has 0 aliphatic carbocycles. The molecule has 4 rings (SSSR count). The van der Waals surface area contributed by atoms with Gasteiger partial charge < -0.3 is 45.4 Å². The molecule has 1 saturated heterocycles. The summed E-state index contributed by atoms with van der Waals surface area (Å²) < 4.78 is 12.2. The average molecular weight is 1120 g/mol. The van der Waals surface area contributed by atoms with E-state index in [0.29, 0.717) is 50.4 Å². The molecular weight excluding hydrogens is 1020 g/mol. The average Bonchev–Trinajstić information content (AvgIpc) is 4.04. The zero-order chi connectivity index (χ0) is 59.4. The van der Waals surface area contributed by atoms with Crippen LogP contribution in [0.4, 0.5) is 0 Å². The Labute approximate surface area is 473 Å². The first-order valence-corrected chi connectivity index (χ1v) is 28.3. The van der Waals surface area contributed by atoms with Crippen molar-refractivity contribution in [2.45, 2.75) is 169 Å². The highest BCUT2D eigenvalue weighted by Gasteiger charge is 2.44. The largest absolute Gasteiger partial charge is 0.379 e. The summed E-state index contributed by atoms with van der Waals surface area (Å²) in [5.41, 5.74) is 1.80. The van der Waals surface area contributed by atoms with Crippen LogP contribution in [0, 0.1) is 29.6 Å². The van der Waals surface area contributed by atoms with Crippen molar-refractivity contribution in [2.24, 2.45) is 29.6 Å². The highest BCUT2D eigenvalue weighted by molar-refractivity contribution is 6.12. The quantitative estimate of drug-likeness (QED) is 0.0725. The molecule has 442 valence electrons. The van der Waals surface area contributed by atoms with E-state index in [1.807, 2.05) is 121 Å². The number of nitrogens with one attached hydrogen (secondary N) is 4. The number of hydrogen-bond acceptors (Lipinski definition) is 13. The van der Waals surface area contributed by atoms with Crippen LogP contribution >= 0.6 is 0 Å². The maximum absolute atomic E-state index is 14.8. The van der Waals surface area contributed by atoms with Crippen molar-refractivity contribution in [3.05, 3.63) is 83.9 Å². The van der Waals surface area contributed by atoms with Crippen molar-refractivity contribution < 1.29 is 57.5 Å². The molecular formula is C60H90N8O12. The van der Waals surface area contributed by atoms with Gasteiger partial charge in [-0.1, -0.05) is 134 Å². The molecule has 0 bridgehead atoms. The zero-order valence-electron chi connectivity index (χ0n) is 49.4. The van der Waals surface area contributed by atoms with E-state index >= 15 is 0 Å². The minimum absolute atomic E-state index is 0.00502. The first kappa shape index (κ1) is 66.0. The number of likely N-dealkylation sites (N-methyl/N-ethyl adjacent to an activating group) is 2. The summed E-state index contributed by atoms with van der Waals surface area (Å²) in [6.07, 6.45) is 3.11. The van der Waals surface area contributed by atoms with E-state index < -0.39 is 78.1 Å². The van der Waals surface area contributed by atoms with Crippen LogP contribution in [0.1, 0.15) is 118 Å². The van der Waals surface area contributed by atoms with E-state index in [2.05, 4.69) is 21.3 Å². The van der Waals surface area contributed by atoms with Gasteiger partial charge in [-0.25, -0.2) is 4.79 Å². The Hall–Kier alpha value is -6.51. The fraction of sp³-hybridized carbons (Fsp3) is 0.617. The molecule has 0 radical (unpaired) electrons. The summed E-state index contributed by atoms with van der Waals surface area (Å²) in [4.78, 5) is 132. The first-order valence-electron chi connectivity index (χ1n) is 28.3. The smallest absolute Gasteiger partial charge is 0.355 e. The SMILES string of the molecule is CC[C@H](C)[C@@H]([C@@H](CC(=O)N1CCC[C@H]1[C@H](OC)[C@@H](C)C(=O)N[C@@H](Cc1ccccc1)C(=O)NCc1ccccc1)OC)N(C)C(=O)[C@@H](NC(=O)[C@H](C(C)C)N(C)CCCC(=O)N[C@H](CC(C)C)C(=O)ON1C(=O)C=CC1=O)C(C)C. The topological polar surface area (TPSA) is 242 Å². The predicted octanol–water partition coefficient (Wildman–Crippen LogP) is 4.74. The van der Waals surface area contributed by atoms with Crippen LogP contribution < -0.4 is 21.3 Å². The van der Waals surface area contributed by atoms with Crippen molar-refractivity contribution in [1.82, 2.24) is 41.0 Å². The van der Waals surface area contributed by atoms with E-state index in [1.165, 1.54) is 14.2 Å². The number of likely N-dealkylation sites (tertiary alicyclic amines) is 1. The second-order valence-corrected chi connectivity index (χ2v) is 22.5. The lowest BCUT2D eigenvalue weighted by molar-refractivity contribution is -0.198. The fourth-order valence-electron chi connectivity index (χ4n) is 10.8. The molecule has 0 unspecified atom stereocenters. The Morgan fingerprint density at radius 1 is 0.738 bits per heavy atom. The number of benzene rings is 2. The summed E-state index contributed by atoms with van der Waals surface area (Å²) in [7, 11) is 6.48. The monoisotopic (exact) mass is 1110 g/mol. The van der Waals surface area contributed by atoms with Crippen LogP contribution in [0.5, 0.6) is 0 Å². The van der Waals surface area contributed by atoms with Crippen LogP contribution in [0.3, 0.4) is 0 Å². The molecule has 1 fully saturated rings. The number of imide groups is 1. The Bertz CT molecular complexity index is 2400. The molecule has 0 saturated carbocycles. The lowest BCUT2D eigenvalue weighted by Gasteiger charge is -2.41. The highest BCUT2D eigenvalue weighted by Crippen LogP contribution is 2.30. The van der Waals surface area contributed by atoms with Crippen molar-refractivity contribution in [1.29, 1.82) is 0 Å². The van der Waals surface area contributed by atoms with Crippen LogP contribution in [-0.4, -0.2) is 163 Å². The predicted molar refractivity (Wildman–Crippen MR) is 302 cm³/mol. The van der Waals surface area contributed by atoms with Crippen molar-refractivity contribution in [3.63, 3.8) is 0 Å². The van der Waals surface area contributed by atoms with Gasteiger partial charge in [0.2, 0.25) is 35.4 Å². The molecule has 4 N–H and O–H groups in total. The van der Waals surface area contributed by atoms with E-state index in [-0.39, 0.29) is 78.9 Å². The summed E-state index contributed by atoms with van der Waals surface area (Å²) in [6.45, 7) is 18.0. The van der Waals surface area contributed by atoms with Gasteiger partial charge in [-0.3, -0.25) is 43.3 Å². The molecule has 0 spiro atoms. The molecule has 2 aliphatic heterocycles. The molecule has 20 nitrogen and oxygen atoms in total. The third kappa shape index (κ3) is 18.8. The number of carbonyl (C=O) groups excluding carboxylic acids is 9. The maximum atomic E-state index is 14.8. The van der Waals surface area contributed by atoms with Crippen molar-refractivity contribution in [3.8, 4) is 0 Å². The van der Waals surface area contributed by atoms with Gasteiger partial charge in [0.25, 0.3) is 11.8 Å². The summed E-state index contributed by atoms with van der Waals surface area (Å²) in [5.74, 6) is -6.13. The maximum Gasteiger partial charge on any atom is 0.355 e. The molecule has 2 aromatic carbocycles. The van der Waals surface area contributed by atoms with Crippen LogP contribution in [0.15, 0.2) is 72.8 Å². The van der Waals surface area contributed by atoms with Gasteiger partial charge in [0.15, 0.2) is 0 Å². The number of rotatable bonds is 32. The number of carbonyl (C=O) groups is 9. The minimum atomic E-state index is -1.11. The van der Waals surface area contributed by atoms with Crippen LogP contribution in [0.25, 0.3) is 0 Å². The van der Waals surface area contributed by atoms with E-state index in [0.717, 1.165) is 23.3 Å². The number of amides is 8. The van der Waals surface area contributed by atoms with Crippen LogP contribution in [-0.2, 0) is 70.4 Å². The van der Waals surface area contributed by atoms with Crippen molar-refractivity contribution in [2.75, 3.05) is 41.4 Å². The number of hydroxylamine groups is 2. The molecule has 2 aliphatic rings. The second-order valence-electron chi connectivity index (χ2n) is 22.5. The Morgan fingerprint density at radius 3 is 1.90 bits per heavy atom. The fourth-order valence-corrected chi connectivity index (χ4v) is 10.8. The lowest BCUT2D eigenvalue weighted by Crippen LogP contribution is -2.60. The molecule has 8 amide bonds. The van der Waals surface area contributed by atoms with E-state index in [4.69, 9.17) is 14.3 Å². The normalized spacial score (nSPS) is 17.8. The Balaban J connectivity index is 1.42. The third-order valence-electron chi connectivity index (χ3n) is 15.3. The molecule has 10 atom stereocenters. The zero-order valence-corrected chi connectivity index (χ0v) is 49.4. The number of nitrogens with zero attached hydrogens (tertiary/aromatic N) is 4. The summed E-state index contributed by atoms with van der Waals surface area (Å²) >= 11 is 0. The highest BCUT2D eigenvalue weighted by atomic mass is 16.7. The van der Waals surface area contributed by atoms with Crippen molar-refractivity contribution >= 4 is 53.2 Å². The number of methoxy groups -OCH3 is 2. The summed E-state index contributed by atoms with van der Waals surface area (Å²) in [5, 5.41) is 12.0. The molecule has 2 aromatic rings. The standard InChI is InChI=1S/C60H90N8O12/c1-14-40(8)54(66(11)59(76)52(38(4)5)64-58(75)53(39(6)7)65(10)31-22-28-48(69)62-45(33-37(2)3)60(77)80-68-49(70)29-30-50(68)71)47(78-12)35-51(72)67-32-21-27-46(67)55(79-13)41(9)56(73)63-44(34-42-23-17-15-18-24-42)57(74)61-36-43-25-19-16-20-26-43/h15-20,23-26,29-30,37-41,44-47,52-55H,14,21-22,27-28,31-36H2,1-13H3,(H,61,74)(H,62,69)(H,63,73)(H,64,75)/t40-,41+,44-,45+,46-,47+,52-,53-,54-,55+/m0/s1. The number of hydrogen-bond donors (Lipinski definition) is 4. The van der Waals surface area contributed by atoms with Gasteiger partial charge in [0.05, 0.1) is 42.7 Å². The van der Waals surface area contributed by atoms with Crippen LogP contribution in [0.2, 0.25) is 0 Å². The van der Waals surface area contributed by atoms with E-state index in [9.17, 15) is 43.2 Å². The lowest BCUT2D eigenvalue weighted by atomic mass is 9.89. The Kier molecular flexibility index (Phi) is 26.5. The third-order valence-corrected chi connectivity index (χ3v) is 15.3. The second kappa shape index (κ2) is 32.1. The molecule has 20 heteroatoms. The Morgan fingerprint density at radius 2 is 1.35 bits per heavy atom. The minimum Gasteiger partial charge on any atom is -0.379 e. The van der Waals surface area contributed by atoms with Gasteiger partial charge in [0.1, 0.15) is 18.1 Å².